The summed E-state index contributed by atoms with van der Waals surface area (Å²) in [6.45, 7) is 6.34. The summed E-state index contributed by atoms with van der Waals surface area (Å²) in [7, 11) is 2.00. The Morgan fingerprint density at radius 2 is 2.30 bits per heavy atom. The van der Waals surface area contributed by atoms with E-state index in [9.17, 15) is 4.79 Å². The van der Waals surface area contributed by atoms with Gasteiger partial charge in [-0.25, -0.2) is 0 Å². The molecule has 0 aliphatic carbocycles. The van der Waals surface area contributed by atoms with Crippen LogP contribution in [0.2, 0.25) is 0 Å². The Labute approximate surface area is 159 Å². The molecule has 1 atom stereocenters. The molecule has 1 spiro atoms. The number of nitrogens with one attached hydrogen (secondary N) is 1. The molecule has 2 aromatic heterocycles. The van der Waals surface area contributed by atoms with Crippen LogP contribution in [0.3, 0.4) is 0 Å². The summed E-state index contributed by atoms with van der Waals surface area (Å²) in [5.41, 5.74) is 2.87. The molecule has 2 aliphatic rings. The molecule has 0 unspecified atom stereocenters. The third kappa shape index (κ3) is 3.75. The van der Waals surface area contributed by atoms with Gasteiger partial charge in [-0.2, -0.15) is 5.10 Å². The number of likely N-dealkylation sites (tertiary alicyclic amines) is 1. The average molecular weight is 369 g/mol. The summed E-state index contributed by atoms with van der Waals surface area (Å²) >= 11 is 0. The van der Waals surface area contributed by atoms with Crippen molar-refractivity contribution >= 4 is 5.91 Å². The first kappa shape index (κ1) is 18.1. The van der Waals surface area contributed by atoms with Gasteiger partial charge in [-0.05, 0) is 43.9 Å². The van der Waals surface area contributed by atoms with Crippen molar-refractivity contribution in [3.8, 4) is 0 Å². The van der Waals surface area contributed by atoms with Gasteiger partial charge < -0.3 is 10.1 Å². The molecule has 2 aliphatic heterocycles. The first-order chi connectivity index (χ1) is 13.1. The van der Waals surface area contributed by atoms with Crippen LogP contribution in [0.25, 0.3) is 0 Å². The lowest BCUT2D eigenvalue weighted by Gasteiger charge is -2.50. The normalized spacial score (nSPS) is 21.3. The molecule has 7 nitrogen and oxygen atoms in total. The van der Waals surface area contributed by atoms with Crippen LogP contribution in [0.15, 0.2) is 30.6 Å². The van der Waals surface area contributed by atoms with Gasteiger partial charge in [0.25, 0.3) is 5.91 Å². The SMILES string of the molecule is Cc1cc(CN2CC3(C2)OCC[C@@H]3CCNC(=O)c2cccnc2)n(C)n1. The first-order valence-electron chi connectivity index (χ1n) is 9.60. The van der Waals surface area contributed by atoms with Gasteiger partial charge in [0.15, 0.2) is 0 Å². The molecule has 4 rings (SSSR count). The average Bonchev–Trinajstić information content (AvgIpc) is 3.18. The minimum atomic E-state index is -0.0575. The van der Waals surface area contributed by atoms with E-state index in [1.54, 1.807) is 24.5 Å². The molecule has 4 heterocycles. The number of amides is 1. The van der Waals surface area contributed by atoms with Crippen LogP contribution >= 0.6 is 0 Å². The molecular formula is C20H27N5O2. The fourth-order valence-electron chi connectivity index (χ4n) is 4.37. The lowest BCUT2D eigenvalue weighted by atomic mass is 9.79. The van der Waals surface area contributed by atoms with Crippen LogP contribution in [-0.2, 0) is 18.3 Å². The smallest absolute Gasteiger partial charge is 0.252 e. The summed E-state index contributed by atoms with van der Waals surface area (Å²) in [5.74, 6) is 0.439. The van der Waals surface area contributed by atoms with E-state index in [0.29, 0.717) is 18.0 Å². The number of hydrogen-bond donors (Lipinski definition) is 1. The summed E-state index contributed by atoms with van der Waals surface area (Å²) in [6, 6.07) is 5.71. The van der Waals surface area contributed by atoms with Crippen LogP contribution in [-0.4, -0.2) is 57.4 Å². The molecule has 7 heteroatoms. The highest BCUT2D eigenvalue weighted by Crippen LogP contribution is 2.42. The maximum atomic E-state index is 12.2. The Bertz CT molecular complexity index is 798. The van der Waals surface area contributed by atoms with E-state index in [-0.39, 0.29) is 11.5 Å². The zero-order chi connectivity index (χ0) is 18.9. The highest BCUT2D eigenvalue weighted by atomic mass is 16.5. The van der Waals surface area contributed by atoms with Gasteiger partial charge in [-0.1, -0.05) is 0 Å². The van der Waals surface area contributed by atoms with Crippen LogP contribution in [0.4, 0.5) is 0 Å². The second-order valence-electron chi connectivity index (χ2n) is 7.73. The number of hydrogen-bond acceptors (Lipinski definition) is 5. The van der Waals surface area contributed by atoms with Crippen LogP contribution < -0.4 is 5.32 Å². The molecule has 144 valence electrons. The number of ether oxygens (including phenoxy) is 1. The number of pyridine rings is 1. The van der Waals surface area contributed by atoms with E-state index in [4.69, 9.17) is 4.74 Å². The highest BCUT2D eigenvalue weighted by molar-refractivity contribution is 5.93. The van der Waals surface area contributed by atoms with E-state index in [2.05, 4.69) is 26.4 Å². The fraction of sp³-hybridized carbons (Fsp3) is 0.550. The standard InChI is InChI=1S/C20H27N5O2/c1-15-10-18(24(2)23-15)12-25-13-20(14-25)17(6-9-27-20)5-8-22-19(26)16-4-3-7-21-11-16/h3-4,7,10-11,17H,5-6,8-9,12-14H2,1-2H3,(H,22,26)/t17-/m0/s1. The number of aryl methyl sites for hydroxylation is 2. The molecule has 2 aromatic rings. The van der Waals surface area contributed by atoms with E-state index in [1.807, 2.05) is 18.7 Å². The van der Waals surface area contributed by atoms with Crippen LogP contribution in [0, 0.1) is 12.8 Å². The van der Waals surface area contributed by atoms with Crippen molar-refractivity contribution in [1.29, 1.82) is 0 Å². The van der Waals surface area contributed by atoms with Crippen molar-refractivity contribution in [1.82, 2.24) is 25.0 Å². The maximum absolute atomic E-state index is 12.2. The van der Waals surface area contributed by atoms with Crippen molar-refractivity contribution in [2.24, 2.45) is 13.0 Å². The third-order valence-corrected chi connectivity index (χ3v) is 5.77. The summed E-state index contributed by atoms with van der Waals surface area (Å²) in [4.78, 5) is 18.6. The Morgan fingerprint density at radius 1 is 1.44 bits per heavy atom. The second-order valence-corrected chi connectivity index (χ2v) is 7.73. The van der Waals surface area contributed by atoms with Gasteiger partial charge in [0.2, 0.25) is 0 Å². The lowest BCUT2D eigenvalue weighted by molar-refractivity contribution is -0.137. The van der Waals surface area contributed by atoms with Gasteiger partial charge in [-0.15, -0.1) is 0 Å². The summed E-state index contributed by atoms with van der Waals surface area (Å²) in [5, 5.41) is 7.44. The Hall–Kier alpha value is -2.25. The Kier molecular flexibility index (Phi) is 4.97. The highest BCUT2D eigenvalue weighted by Gasteiger charge is 2.52. The van der Waals surface area contributed by atoms with E-state index < -0.39 is 0 Å². The molecule has 0 radical (unpaired) electrons. The predicted octanol–water partition coefficient (Wildman–Crippen LogP) is 1.53. The van der Waals surface area contributed by atoms with Crippen molar-refractivity contribution in [2.45, 2.75) is 31.9 Å². The summed E-state index contributed by atoms with van der Waals surface area (Å²) < 4.78 is 8.11. The topological polar surface area (TPSA) is 72.3 Å². The van der Waals surface area contributed by atoms with Gasteiger partial charge in [0, 0.05) is 52.2 Å². The molecule has 0 saturated carbocycles. The fourth-order valence-corrected chi connectivity index (χ4v) is 4.37. The molecule has 0 aromatic carbocycles. The zero-order valence-corrected chi connectivity index (χ0v) is 16.0. The molecule has 1 N–H and O–H groups in total. The van der Waals surface area contributed by atoms with Crippen molar-refractivity contribution in [2.75, 3.05) is 26.2 Å². The lowest BCUT2D eigenvalue weighted by Crippen LogP contribution is -2.64. The van der Waals surface area contributed by atoms with E-state index in [1.165, 1.54) is 5.69 Å². The quantitative estimate of drug-likeness (QED) is 0.836. The Morgan fingerprint density at radius 3 is 3.00 bits per heavy atom. The molecule has 27 heavy (non-hydrogen) atoms. The monoisotopic (exact) mass is 369 g/mol. The molecule has 1 amide bonds. The number of carbonyl (C=O) groups is 1. The number of nitrogens with zero attached hydrogens (tertiary/aromatic N) is 4. The first-order valence-corrected chi connectivity index (χ1v) is 9.60. The number of aromatic nitrogens is 3. The predicted molar refractivity (Wildman–Crippen MR) is 101 cm³/mol. The van der Waals surface area contributed by atoms with Gasteiger partial charge in [0.05, 0.1) is 22.6 Å². The molecular weight excluding hydrogens is 342 g/mol. The summed E-state index contributed by atoms with van der Waals surface area (Å²) in [6.07, 6.45) is 5.29. The van der Waals surface area contributed by atoms with Crippen molar-refractivity contribution in [3.05, 3.63) is 47.5 Å². The molecule has 0 bridgehead atoms. The third-order valence-electron chi connectivity index (χ3n) is 5.77. The van der Waals surface area contributed by atoms with Gasteiger partial charge >= 0.3 is 0 Å². The van der Waals surface area contributed by atoms with E-state index in [0.717, 1.165) is 44.8 Å². The van der Waals surface area contributed by atoms with Crippen molar-refractivity contribution < 1.29 is 9.53 Å². The van der Waals surface area contributed by atoms with Gasteiger partial charge in [-0.3, -0.25) is 19.4 Å². The van der Waals surface area contributed by atoms with E-state index >= 15 is 0 Å². The second kappa shape index (κ2) is 7.40. The Balaban J connectivity index is 1.26. The largest absolute Gasteiger partial charge is 0.372 e. The molecule has 2 fully saturated rings. The van der Waals surface area contributed by atoms with Crippen LogP contribution in [0.1, 0.15) is 34.6 Å². The number of rotatable bonds is 6. The van der Waals surface area contributed by atoms with Crippen LogP contribution in [0.5, 0.6) is 0 Å². The minimum absolute atomic E-state index is 0.0351. The number of carbonyl (C=O) groups excluding carboxylic acids is 1. The molecule has 2 saturated heterocycles. The zero-order valence-electron chi connectivity index (χ0n) is 16.0. The van der Waals surface area contributed by atoms with Crippen molar-refractivity contribution in [3.63, 3.8) is 0 Å². The minimum Gasteiger partial charge on any atom is -0.372 e. The van der Waals surface area contributed by atoms with Gasteiger partial charge in [0.1, 0.15) is 0 Å². The maximum Gasteiger partial charge on any atom is 0.252 e.